The van der Waals surface area contributed by atoms with Gasteiger partial charge in [-0.25, -0.2) is 15.0 Å². The van der Waals surface area contributed by atoms with E-state index >= 15 is 0 Å². The summed E-state index contributed by atoms with van der Waals surface area (Å²) < 4.78 is 4.86. The van der Waals surface area contributed by atoms with Gasteiger partial charge in [0.05, 0.1) is 33.4 Å². The molecule has 0 fully saturated rings. The summed E-state index contributed by atoms with van der Waals surface area (Å²) in [5.41, 5.74) is 9.62. The Morgan fingerprint density at radius 2 is 0.793 bits per heavy atom. The molecule has 5 heteroatoms. The van der Waals surface area contributed by atoms with Gasteiger partial charge in [-0.15, -0.1) is 0 Å². The number of hydrogen-bond donors (Lipinski definition) is 0. The molecule has 0 N–H and O–H groups in total. The molecular formula is C53H33N5. The third-order valence-electron chi connectivity index (χ3n) is 11.5. The average molecular weight is 740 g/mol. The highest BCUT2D eigenvalue weighted by Crippen LogP contribution is 2.42. The minimum Gasteiger partial charge on any atom is -0.309 e. The summed E-state index contributed by atoms with van der Waals surface area (Å²) in [6.07, 6.45) is 0. The summed E-state index contributed by atoms with van der Waals surface area (Å²) in [5, 5.41) is 9.48. The molecule has 0 spiro atoms. The van der Waals surface area contributed by atoms with Crippen LogP contribution in [0.5, 0.6) is 0 Å². The van der Waals surface area contributed by atoms with Crippen molar-refractivity contribution in [3.8, 4) is 45.5 Å². The van der Waals surface area contributed by atoms with Crippen LogP contribution in [0.1, 0.15) is 0 Å². The van der Waals surface area contributed by atoms with E-state index in [2.05, 4.69) is 173 Å². The van der Waals surface area contributed by atoms with Crippen LogP contribution in [0.3, 0.4) is 0 Å². The number of fused-ring (bicyclic) bond motifs is 8. The van der Waals surface area contributed by atoms with Crippen molar-refractivity contribution in [3.63, 3.8) is 0 Å². The zero-order chi connectivity index (χ0) is 38.2. The van der Waals surface area contributed by atoms with Gasteiger partial charge >= 0.3 is 0 Å². The predicted octanol–water partition coefficient (Wildman–Crippen LogP) is 13.4. The third-order valence-corrected chi connectivity index (χ3v) is 11.5. The van der Waals surface area contributed by atoms with Crippen LogP contribution in [0.2, 0.25) is 0 Å². The van der Waals surface area contributed by atoms with Crippen LogP contribution in [0.15, 0.2) is 200 Å². The van der Waals surface area contributed by atoms with Crippen molar-refractivity contribution in [3.05, 3.63) is 200 Å². The molecule has 3 heterocycles. The van der Waals surface area contributed by atoms with Gasteiger partial charge in [0.15, 0.2) is 17.5 Å². The van der Waals surface area contributed by atoms with E-state index in [-0.39, 0.29) is 0 Å². The van der Waals surface area contributed by atoms with E-state index in [4.69, 9.17) is 15.0 Å². The maximum Gasteiger partial charge on any atom is 0.166 e. The monoisotopic (exact) mass is 739 g/mol. The number of hydrogen-bond acceptors (Lipinski definition) is 3. The van der Waals surface area contributed by atoms with Crippen molar-refractivity contribution in [1.82, 2.24) is 24.1 Å². The van der Waals surface area contributed by atoms with E-state index in [1.54, 1.807) is 0 Å². The standard InChI is InChI=1S/C53H33N5/c1-3-17-35(18-4-1)51-54-52(36-19-5-2-6-20-36)56-53(55-51)42-31-30-34-16-7-8-22-38(34)50(42)58-47-28-14-11-25-41(47)44-33-43-37(32-49(44)58)21-15-29-48(43)57-45-26-12-9-23-39(45)40-24-10-13-27-46(40)57/h1-33H. The minimum atomic E-state index is 0.619. The lowest BCUT2D eigenvalue weighted by molar-refractivity contribution is 1.07. The second-order valence-corrected chi connectivity index (χ2v) is 14.8. The Balaban J connectivity index is 1.17. The Hall–Kier alpha value is -7.89. The zero-order valence-corrected chi connectivity index (χ0v) is 31.3. The lowest BCUT2D eigenvalue weighted by Gasteiger charge is -2.18. The molecule has 0 saturated heterocycles. The molecule has 0 unspecified atom stereocenters. The molecule has 0 atom stereocenters. The van der Waals surface area contributed by atoms with Gasteiger partial charge in [0.25, 0.3) is 0 Å². The molecule has 270 valence electrons. The molecule has 0 aliphatic carbocycles. The summed E-state index contributed by atoms with van der Waals surface area (Å²) in [6.45, 7) is 0. The maximum absolute atomic E-state index is 5.24. The summed E-state index contributed by atoms with van der Waals surface area (Å²) in [5.74, 6) is 1.89. The van der Waals surface area contributed by atoms with E-state index in [1.165, 1.54) is 38.0 Å². The lowest BCUT2D eigenvalue weighted by atomic mass is 10.0. The van der Waals surface area contributed by atoms with Gasteiger partial charge in [0.2, 0.25) is 0 Å². The van der Waals surface area contributed by atoms with E-state index in [0.717, 1.165) is 55.3 Å². The smallest absolute Gasteiger partial charge is 0.166 e. The van der Waals surface area contributed by atoms with Crippen molar-refractivity contribution >= 4 is 65.2 Å². The average Bonchev–Trinajstić information content (AvgIpc) is 3.80. The molecule has 0 bridgehead atoms. The fraction of sp³-hybridized carbons (Fsp3) is 0. The highest BCUT2D eigenvalue weighted by molar-refractivity contribution is 6.17. The molecule has 0 aliphatic heterocycles. The van der Waals surface area contributed by atoms with Gasteiger partial charge in [-0.1, -0.05) is 158 Å². The van der Waals surface area contributed by atoms with Gasteiger partial charge in [-0.05, 0) is 53.2 Å². The Kier molecular flexibility index (Phi) is 7.16. The fourth-order valence-electron chi connectivity index (χ4n) is 8.95. The number of rotatable bonds is 5. The molecule has 9 aromatic carbocycles. The quantitative estimate of drug-likeness (QED) is 0.177. The molecule has 5 nitrogen and oxygen atoms in total. The van der Waals surface area contributed by atoms with Crippen molar-refractivity contribution in [2.45, 2.75) is 0 Å². The van der Waals surface area contributed by atoms with Crippen LogP contribution in [-0.2, 0) is 0 Å². The first-order chi connectivity index (χ1) is 28.8. The minimum absolute atomic E-state index is 0.619. The van der Waals surface area contributed by atoms with E-state index in [9.17, 15) is 0 Å². The Labute approximate surface area is 333 Å². The maximum atomic E-state index is 5.24. The first kappa shape index (κ1) is 32.4. The molecule has 0 aliphatic rings. The molecular weight excluding hydrogens is 707 g/mol. The van der Waals surface area contributed by atoms with Crippen LogP contribution in [0, 0.1) is 0 Å². The second-order valence-electron chi connectivity index (χ2n) is 14.8. The Morgan fingerprint density at radius 1 is 0.293 bits per heavy atom. The van der Waals surface area contributed by atoms with Crippen molar-refractivity contribution in [2.75, 3.05) is 0 Å². The van der Waals surface area contributed by atoms with Crippen molar-refractivity contribution in [2.24, 2.45) is 0 Å². The molecule has 0 radical (unpaired) electrons. The molecule has 58 heavy (non-hydrogen) atoms. The summed E-state index contributed by atoms with van der Waals surface area (Å²) >= 11 is 0. The van der Waals surface area contributed by atoms with Crippen LogP contribution in [0.25, 0.3) is 111 Å². The van der Waals surface area contributed by atoms with Crippen LogP contribution >= 0.6 is 0 Å². The van der Waals surface area contributed by atoms with Crippen LogP contribution in [0.4, 0.5) is 0 Å². The number of benzene rings is 9. The first-order valence-electron chi connectivity index (χ1n) is 19.6. The largest absolute Gasteiger partial charge is 0.309 e. The number of aromatic nitrogens is 5. The SMILES string of the molecule is c1ccc(-c2nc(-c3ccccc3)nc(-c3ccc4ccccc4c3-n3c4ccccc4c4cc5c(-n6c7ccccc7c7ccccc76)cccc5cc43)n2)cc1. The van der Waals surface area contributed by atoms with E-state index in [1.807, 2.05) is 36.4 Å². The summed E-state index contributed by atoms with van der Waals surface area (Å²) in [4.78, 5) is 15.5. The molecule has 12 rings (SSSR count). The van der Waals surface area contributed by atoms with E-state index in [0.29, 0.717) is 17.5 Å². The normalized spacial score (nSPS) is 11.8. The molecule has 3 aromatic heterocycles. The second kappa shape index (κ2) is 12.8. The summed E-state index contributed by atoms with van der Waals surface area (Å²) in [7, 11) is 0. The van der Waals surface area contributed by atoms with Gasteiger partial charge in [0.1, 0.15) is 0 Å². The van der Waals surface area contributed by atoms with Gasteiger partial charge in [-0.2, -0.15) is 0 Å². The van der Waals surface area contributed by atoms with Gasteiger partial charge in [0, 0.05) is 49.0 Å². The van der Waals surface area contributed by atoms with Crippen LogP contribution in [-0.4, -0.2) is 24.1 Å². The van der Waals surface area contributed by atoms with Crippen molar-refractivity contribution in [1.29, 1.82) is 0 Å². The zero-order valence-electron chi connectivity index (χ0n) is 31.3. The fourth-order valence-corrected chi connectivity index (χ4v) is 8.95. The van der Waals surface area contributed by atoms with Crippen LogP contribution < -0.4 is 0 Å². The van der Waals surface area contributed by atoms with Gasteiger partial charge < -0.3 is 9.13 Å². The highest BCUT2D eigenvalue weighted by Gasteiger charge is 2.23. The Morgan fingerprint density at radius 3 is 1.43 bits per heavy atom. The Bertz CT molecular complexity index is 3450. The molecule has 12 aromatic rings. The number of para-hydroxylation sites is 3. The lowest BCUT2D eigenvalue weighted by Crippen LogP contribution is -2.04. The van der Waals surface area contributed by atoms with Gasteiger partial charge in [-0.3, -0.25) is 0 Å². The highest BCUT2D eigenvalue weighted by atomic mass is 15.1. The molecule has 0 saturated carbocycles. The molecule has 0 amide bonds. The third kappa shape index (κ3) is 4.93. The topological polar surface area (TPSA) is 48.5 Å². The predicted molar refractivity (Wildman–Crippen MR) is 240 cm³/mol. The number of nitrogens with zero attached hydrogens (tertiary/aromatic N) is 5. The van der Waals surface area contributed by atoms with E-state index < -0.39 is 0 Å². The summed E-state index contributed by atoms with van der Waals surface area (Å²) in [6, 6.07) is 71.0. The van der Waals surface area contributed by atoms with Crippen molar-refractivity contribution < 1.29 is 0 Å². The first-order valence-corrected chi connectivity index (χ1v) is 19.6.